The summed E-state index contributed by atoms with van der Waals surface area (Å²) in [7, 11) is 0. The molecule has 31 heavy (non-hydrogen) atoms. The molecule has 7 heteroatoms. The average Bonchev–Trinajstić information content (AvgIpc) is 3.56. The van der Waals surface area contributed by atoms with Crippen LogP contribution in [0.2, 0.25) is 5.02 Å². The van der Waals surface area contributed by atoms with Crippen molar-refractivity contribution < 1.29 is 22.7 Å². The molecule has 1 amide bonds. The second kappa shape index (κ2) is 7.97. The van der Waals surface area contributed by atoms with E-state index in [1.807, 2.05) is 30.3 Å². The van der Waals surface area contributed by atoms with Crippen molar-refractivity contribution in [3.05, 3.63) is 77.3 Å². The third-order valence-electron chi connectivity index (χ3n) is 5.41. The number of fused-ring (bicyclic) bond motifs is 1. The summed E-state index contributed by atoms with van der Waals surface area (Å²) >= 11 is 6.05. The molecular weight excluding hydrogens is 427 g/mol. The molecule has 1 fully saturated rings. The van der Waals surface area contributed by atoms with Crippen molar-refractivity contribution in [1.82, 2.24) is 0 Å². The number of carbonyl (C=O) groups excluding carboxylic acids is 1. The minimum absolute atomic E-state index is 0.0605. The van der Waals surface area contributed by atoms with Gasteiger partial charge in [0.15, 0.2) is 0 Å². The second-order valence-corrected chi connectivity index (χ2v) is 8.05. The van der Waals surface area contributed by atoms with Crippen LogP contribution < -0.4 is 4.90 Å². The van der Waals surface area contributed by atoms with E-state index < -0.39 is 17.9 Å². The second-order valence-electron chi connectivity index (χ2n) is 7.62. The molecule has 160 valence electrons. The predicted molar refractivity (Wildman–Crippen MR) is 113 cm³/mol. The zero-order chi connectivity index (χ0) is 22.2. The first-order valence-electron chi connectivity index (χ1n) is 9.82. The van der Waals surface area contributed by atoms with Crippen LogP contribution in [-0.4, -0.2) is 18.8 Å². The Balaban J connectivity index is 1.81. The minimum Gasteiger partial charge on any atom is -0.415 e. The van der Waals surface area contributed by atoms with Crippen molar-refractivity contribution in [2.75, 3.05) is 11.4 Å². The number of nitrogens with zero attached hydrogens (tertiary/aromatic N) is 1. The van der Waals surface area contributed by atoms with E-state index in [2.05, 4.69) is 18.4 Å². The molecule has 0 saturated heterocycles. The molecule has 0 N–H and O–H groups in total. The van der Waals surface area contributed by atoms with Crippen LogP contribution in [0.3, 0.4) is 0 Å². The Morgan fingerprint density at radius 1 is 1.26 bits per heavy atom. The van der Waals surface area contributed by atoms with Gasteiger partial charge in [0.1, 0.15) is 0 Å². The maximum atomic E-state index is 14.3. The fraction of sp³-hybridized carbons (Fsp3) is 0.292. The summed E-state index contributed by atoms with van der Waals surface area (Å²) in [4.78, 5) is 14.1. The number of halogens is 4. The van der Waals surface area contributed by atoms with E-state index >= 15 is 0 Å². The number of rotatable bonds is 4. The topological polar surface area (TPSA) is 29.5 Å². The summed E-state index contributed by atoms with van der Waals surface area (Å²) < 4.78 is 48.0. The van der Waals surface area contributed by atoms with Gasteiger partial charge in [-0.15, -0.1) is 6.58 Å². The first-order valence-corrected chi connectivity index (χ1v) is 10.2. The molecule has 0 bridgehead atoms. The van der Waals surface area contributed by atoms with Crippen LogP contribution in [0.25, 0.3) is 0 Å². The number of cyclic esters (lactones) is 1. The van der Waals surface area contributed by atoms with E-state index in [4.69, 9.17) is 16.3 Å². The van der Waals surface area contributed by atoms with Gasteiger partial charge in [0.25, 0.3) is 5.60 Å². The molecular formula is C24H19ClF3NO2. The zero-order valence-electron chi connectivity index (χ0n) is 16.5. The predicted octanol–water partition coefficient (Wildman–Crippen LogP) is 6.44. The molecule has 2 aliphatic rings. The van der Waals surface area contributed by atoms with Gasteiger partial charge in [-0.1, -0.05) is 53.9 Å². The summed E-state index contributed by atoms with van der Waals surface area (Å²) in [5, 5.41) is 0.0989. The third-order valence-corrected chi connectivity index (χ3v) is 5.64. The molecule has 0 radical (unpaired) electrons. The number of hydrogen-bond acceptors (Lipinski definition) is 2. The summed E-state index contributed by atoms with van der Waals surface area (Å²) in [6.45, 7) is 3.88. The Morgan fingerprint density at radius 3 is 2.58 bits per heavy atom. The van der Waals surface area contributed by atoms with Crippen LogP contribution in [0.1, 0.15) is 29.9 Å². The molecule has 0 spiro atoms. The Hall–Kier alpha value is -2.91. The molecule has 2 aromatic rings. The van der Waals surface area contributed by atoms with Crippen LogP contribution in [0.4, 0.5) is 23.7 Å². The lowest BCUT2D eigenvalue weighted by molar-refractivity contribution is -0.240. The molecule has 2 atom stereocenters. The number of benzene rings is 2. The lowest BCUT2D eigenvalue weighted by Crippen LogP contribution is -2.53. The molecule has 4 rings (SSSR count). The molecule has 3 nitrogen and oxygen atoms in total. The number of amides is 1. The van der Waals surface area contributed by atoms with Crippen LogP contribution in [0.5, 0.6) is 0 Å². The molecule has 1 saturated carbocycles. The molecule has 1 aliphatic carbocycles. The first kappa shape index (κ1) is 21.3. The highest BCUT2D eigenvalue weighted by Gasteiger charge is 2.63. The maximum Gasteiger partial charge on any atom is 0.445 e. The highest BCUT2D eigenvalue weighted by atomic mass is 35.5. The van der Waals surface area contributed by atoms with Gasteiger partial charge in [-0.2, -0.15) is 13.2 Å². The Kier molecular flexibility index (Phi) is 5.49. The van der Waals surface area contributed by atoms with Gasteiger partial charge in [0, 0.05) is 29.0 Å². The fourth-order valence-corrected chi connectivity index (χ4v) is 3.73. The number of ether oxygens (including phenoxy) is 1. The largest absolute Gasteiger partial charge is 0.445 e. The van der Waals surface area contributed by atoms with Crippen molar-refractivity contribution in [2.45, 2.75) is 30.5 Å². The Morgan fingerprint density at radius 2 is 1.97 bits per heavy atom. The minimum atomic E-state index is -4.94. The van der Waals surface area contributed by atoms with Crippen LogP contribution in [0, 0.1) is 17.8 Å². The molecule has 0 unspecified atom stereocenters. The summed E-state index contributed by atoms with van der Waals surface area (Å²) in [6.07, 6.45) is -2.92. The normalized spacial score (nSPS) is 21.4. The molecule has 1 aliphatic heterocycles. The van der Waals surface area contributed by atoms with Gasteiger partial charge in [-0.05, 0) is 42.5 Å². The third kappa shape index (κ3) is 4.03. The smallest absolute Gasteiger partial charge is 0.415 e. The number of anilines is 1. The van der Waals surface area contributed by atoms with E-state index in [0.29, 0.717) is 0 Å². The van der Waals surface area contributed by atoms with Crippen LogP contribution in [0.15, 0.2) is 61.2 Å². The number of hydrogen-bond donors (Lipinski definition) is 0. The lowest BCUT2D eigenvalue weighted by atomic mass is 9.89. The number of alkyl halides is 3. The van der Waals surface area contributed by atoms with Gasteiger partial charge in [-0.25, -0.2) is 4.79 Å². The van der Waals surface area contributed by atoms with E-state index in [1.165, 1.54) is 23.1 Å². The van der Waals surface area contributed by atoms with Gasteiger partial charge >= 0.3 is 12.3 Å². The molecule has 1 heterocycles. The quantitative estimate of drug-likeness (QED) is 0.400. The molecule has 2 aromatic carbocycles. The summed E-state index contributed by atoms with van der Waals surface area (Å²) in [5.41, 5.74) is -2.39. The highest BCUT2D eigenvalue weighted by molar-refractivity contribution is 6.30. The average molecular weight is 446 g/mol. The van der Waals surface area contributed by atoms with Crippen LogP contribution in [-0.2, 0) is 10.3 Å². The highest BCUT2D eigenvalue weighted by Crippen LogP contribution is 2.50. The van der Waals surface area contributed by atoms with E-state index in [-0.39, 0.29) is 34.7 Å². The molecule has 0 aromatic heterocycles. The van der Waals surface area contributed by atoms with Crippen molar-refractivity contribution >= 4 is 23.4 Å². The van der Waals surface area contributed by atoms with Crippen molar-refractivity contribution in [1.29, 1.82) is 0 Å². The van der Waals surface area contributed by atoms with Crippen LogP contribution >= 0.6 is 11.6 Å². The monoisotopic (exact) mass is 445 g/mol. The number of carbonyl (C=O) groups is 1. The van der Waals surface area contributed by atoms with Gasteiger partial charge in [-0.3, -0.25) is 4.90 Å². The van der Waals surface area contributed by atoms with E-state index in [1.54, 1.807) is 6.08 Å². The van der Waals surface area contributed by atoms with Gasteiger partial charge < -0.3 is 4.74 Å². The van der Waals surface area contributed by atoms with Gasteiger partial charge in [0.2, 0.25) is 0 Å². The Labute approximate surface area is 183 Å². The first-order chi connectivity index (χ1) is 14.7. The lowest BCUT2D eigenvalue weighted by Gasteiger charge is -2.41. The van der Waals surface area contributed by atoms with E-state index in [0.717, 1.165) is 18.4 Å². The van der Waals surface area contributed by atoms with Crippen molar-refractivity contribution in [2.24, 2.45) is 5.92 Å². The van der Waals surface area contributed by atoms with Crippen molar-refractivity contribution in [3.8, 4) is 11.8 Å². The Bertz CT molecular complexity index is 1070. The standard InChI is InChI=1S/C24H19ClF3NO2/c1-2-17(18-6-4-3-5-7-18)15-29-21-11-10-19(25)14-20(21)23(24(26,27)28,31-22(29)30)13-12-16-8-9-16/h2-7,10-11,14,16-17H,1,8-9,15H2/t17-,23+/m1/s1. The summed E-state index contributed by atoms with van der Waals surface area (Å²) in [5.74, 6) is 4.45. The SMILES string of the molecule is C=C[C@H](CN1C(=O)O[C@](C#CC2CC2)(C(F)(F)F)c2cc(Cl)ccc21)c1ccccc1. The van der Waals surface area contributed by atoms with Crippen molar-refractivity contribution in [3.63, 3.8) is 0 Å². The zero-order valence-corrected chi connectivity index (χ0v) is 17.2. The van der Waals surface area contributed by atoms with Gasteiger partial charge in [0.05, 0.1) is 5.69 Å². The fourth-order valence-electron chi connectivity index (χ4n) is 3.56. The maximum absolute atomic E-state index is 14.3. The van der Waals surface area contributed by atoms with E-state index in [9.17, 15) is 18.0 Å². The summed E-state index contributed by atoms with van der Waals surface area (Å²) in [6, 6.07) is 13.3.